The summed E-state index contributed by atoms with van der Waals surface area (Å²) >= 11 is 6.41. The van der Waals surface area contributed by atoms with Crippen LogP contribution in [-0.2, 0) is 0 Å². The largest absolute Gasteiger partial charge is 0.497 e. The van der Waals surface area contributed by atoms with Gasteiger partial charge in [0, 0.05) is 16.1 Å². The van der Waals surface area contributed by atoms with Crippen LogP contribution < -0.4 is 4.74 Å². The third-order valence-corrected chi connectivity index (χ3v) is 4.28. The minimum Gasteiger partial charge on any atom is -0.497 e. The van der Waals surface area contributed by atoms with Crippen molar-refractivity contribution in [1.29, 1.82) is 0 Å². The second kappa shape index (κ2) is 6.18. The van der Waals surface area contributed by atoms with Crippen LogP contribution in [0.15, 0.2) is 54.6 Å². The number of methoxy groups -OCH3 is 1. The highest BCUT2D eigenvalue weighted by Gasteiger charge is 2.14. The van der Waals surface area contributed by atoms with Crippen LogP contribution in [0.25, 0.3) is 28.3 Å². The summed E-state index contributed by atoms with van der Waals surface area (Å²) in [7, 11) is 1.65. The maximum absolute atomic E-state index is 6.41. The molecule has 2 heterocycles. The second-order valence-electron chi connectivity index (χ2n) is 5.61. The van der Waals surface area contributed by atoms with Crippen LogP contribution in [0.5, 0.6) is 5.75 Å². The van der Waals surface area contributed by atoms with Gasteiger partial charge in [-0.2, -0.15) is 9.50 Å². The van der Waals surface area contributed by atoms with Gasteiger partial charge in [0.1, 0.15) is 11.6 Å². The first kappa shape index (κ1) is 15.6. The molecule has 5 nitrogen and oxygen atoms in total. The van der Waals surface area contributed by atoms with Crippen molar-refractivity contribution in [2.24, 2.45) is 0 Å². The molecule has 4 aromatic rings. The summed E-state index contributed by atoms with van der Waals surface area (Å²) in [5, 5.41) is 5.11. The summed E-state index contributed by atoms with van der Waals surface area (Å²) in [4.78, 5) is 9.06. The van der Waals surface area contributed by atoms with Crippen molar-refractivity contribution in [3.63, 3.8) is 0 Å². The van der Waals surface area contributed by atoms with Gasteiger partial charge >= 0.3 is 0 Å². The van der Waals surface area contributed by atoms with E-state index in [-0.39, 0.29) is 0 Å². The highest BCUT2D eigenvalue weighted by atomic mass is 35.5. The number of benzene rings is 2. The lowest BCUT2D eigenvalue weighted by Gasteiger charge is -2.09. The summed E-state index contributed by atoms with van der Waals surface area (Å²) in [5.74, 6) is 2.00. The monoisotopic (exact) mass is 350 g/mol. The minimum absolute atomic E-state index is 0.542. The maximum Gasteiger partial charge on any atom is 0.253 e. The van der Waals surface area contributed by atoms with E-state index in [2.05, 4.69) is 15.1 Å². The Morgan fingerprint density at radius 3 is 2.48 bits per heavy atom. The number of fused-ring (bicyclic) bond motifs is 1. The summed E-state index contributed by atoms with van der Waals surface area (Å²) in [6, 6.07) is 17.4. The van der Waals surface area contributed by atoms with E-state index in [9.17, 15) is 0 Å². The highest BCUT2D eigenvalue weighted by Crippen LogP contribution is 2.31. The Kier molecular flexibility index (Phi) is 3.86. The maximum atomic E-state index is 6.41. The number of ether oxygens (including phenoxy) is 1. The van der Waals surface area contributed by atoms with Crippen molar-refractivity contribution < 1.29 is 4.74 Å². The van der Waals surface area contributed by atoms with Gasteiger partial charge < -0.3 is 4.74 Å². The lowest BCUT2D eigenvalue weighted by atomic mass is 10.1. The van der Waals surface area contributed by atoms with Crippen molar-refractivity contribution in [3.05, 3.63) is 65.4 Å². The number of aryl methyl sites for hydroxylation is 1. The van der Waals surface area contributed by atoms with Gasteiger partial charge in [0.05, 0.1) is 18.5 Å². The predicted octanol–water partition coefficient (Wildman–Crippen LogP) is 4.43. The van der Waals surface area contributed by atoms with Crippen molar-refractivity contribution in [2.45, 2.75) is 6.92 Å². The molecule has 0 unspecified atom stereocenters. The number of aromatic nitrogens is 4. The SMILES string of the molecule is COc1ccc(-c2cc(-c3ccccc3Cl)n3nc(C)nc3n2)cc1. The number of nitrogens with zero attached hydrogens (tertiary/aromatic N) is 4. The molecule has 2 aromatic heterocycles. The van der Waals surface area contributed by atoms with Gasteiger partial charge in [0.15, 0.2) is 0 Å². The van der Waals surface area contributed by atoms with Gasteiger partial charge in [-0.05, 0) is 43.3 Å². The second-order valence-corrected chi connectivity index (χ2v) is 6.01. The minimum atomic E-state index is 0.542. The van der Waals surface area contributed by atoms with E-state index in [0.29, 0.717) is 16.6 Å². The molecule has 0 N–H and O–H groups in total. The fraction of sp³-hybridized carbons (Fsp3) is 0.105. The molecule has 0 atom stereocenters. The quantitative estimate of drug-likeness (QED) is 0.548. The van der Waals surface area contributed by atoms with Gasteiger partial charge in [-0.25, -0.2) is 4.98 Å². The van der Waals surface area contributed by atoms with Crippen LogP contribution in [0.2, 0.25) is 5.02 Å². The Bertz CT molecular complexity index is 1060. The van der Waals surface area contributed by atoms with Crippen molar-refractivity contribution in [2.75, 3.05) is 7.11 Å². The third-order valence-electron chi connectivity index (χ3n) is 3.95. The molecule has 0 amide bonds. The Morgan fingerprint density at radius 1 is 1.00 bits per heavy atom. The lowest BCUT2D eigenvalue weighted by molar-refractivity contribution is 0.415. The smallest absolute Gasteiger partial charge is 0.253 e. The normalized spacial score (nSPS) is 11.0. The third kappa shape index (κ3) is 2.83. The predicted molar refractivity (Wildman–Crippen MR) is 98.0 cm³/mol. The summed E-state index contributed by atoms with van der Waals surface area (Å²) in [6.07, 6.45) is 0. The van der Waals surface area contributed by atoms with E-state index in [1.807, 2.05) is 61.5 Å². The molecule has 124 valence electrons. The Hall–Kier alpha value is -2.92. The first-order valence-corrected chi connectivity index (χ1v) is 8.17. The lowest BCUT2D eigenvalue weighted by Crippen LogP contribution is -1.99. The van der Waals surface area contributed by atoms with E-state index < -0.39 is 0 Å². The van der Waals surface area contributed by atoms with E-state index in [0.717, 1.165) is 28.3 Å². The van der Waals surface area contributed by atoms with Crippen LogP contribution >= 0.6 is 11.6 Å². The molecule has 0 saturated heterocycles. The molecule has 0 radical (unpaired) electrons. The zero-order valence-corrected chi connectivity index (χ0v) is 14.5. The average molecular weight is 351 g/mol. The number of hydrogen-bond acceptors (Lipinski definition) is 4. The number of halogens is 1. The molecule has 0 bridgehead atoms. The van der Waals surface area contributed by atoms with E-state index in [1.165, 1.54) is 0 Å². The van der Waals surface area contributed by atoms with Crippen molar-refractivity contribution in [3.8, 4) is 28.3 Å². The van der Waals surface area contributed by atoms with Gasteiger partial charge in [-0.3, -0.25) is 0 Å². The van der Waals surface area contributed by atoms with Crippen LogP contribution in [0.1, 0.15) is 5.82 Å². The zero-order chi connectivity index (χ0) is 17.4. The molecule has 0 fully saturated rings. The molecule has 0 aliphatic heterocycles. The van der Waals surface area contributed by atoms with Crippen LogP contribution in [-0.4, -0.2) is 26.7 Å². The molecule has 6 heteroatoms. The van der Waals surface area contributed by atoms with Crippen molar-refractivity contribution in [1.82, 2.24) is 19.6 Å². The Labute approximate surface area is 149 Å². The molecule has 2 aromatic carbocycles. The average Bonchev–Trinajstić information content (AvgIpc) is 3.01. The van der Waals surface area contributed by atoms with Crippen molar-refractivity contribution >= 4 is 17.4 Å². The number of rotatable bonds is 3. The number of hydrogen-bond donors (Lipinski definition) is 0. The molecule has 0 spiro atoms. The van der Waals surface area contributed by atoms with Gasteiger partial charge in [-0.15, -0.1) is 5.10 Å². The van der Waals surface area contributed by atoms with Gasteiger partial charge in [0.2, 0.25) is 0 Å². The fourth-order valence-corrected chi connectivity index (χ4v) is 2.97. The molecular formula is C19H15ClN4O. The highest BCUT2D eigenvalue weighted by molar-refractivity contribution is 6.33. The summed E-state index contributed by atoms with van der Waals surface area (Å²) < 4.78 is 6.95. The molecule has 4 rings (SSSR count). The molecule has 0 aliphatic carbocycles. The standard InChI is InChI=1S/C19H15ClN4O/c1-12-21-19-22-17(13-7-9-14(25-2)10-8-13)11-18(24(19)23-12)15-5-3-4-6-16(15)20/h3-11H,1-2H3. The van der Waals surface area contributed by atoms with E-state index in [4.69, 9.17) is 16.3 Å². The molecule has 0 saturated carbocycles. The summed E-state index contributed by atoms with van der Waals surface area (Å²) in [5.41, 5.74) is 3.51. The van der Waals surface area contributed by atoms with Crippen LogP contribution in [0.3, 0.4) is 0 Å². The van der Waals surface area contributed by atoms with E-state index >= 15 is 0 Å². The topological polar surface area (TPSA) is 52.3 Å². The zero-order valence-electron chi connectivity index (χ0n) is 13.8. The Morgan fingerprint density at radius 2 is 1.76 bits per heavy atom. The Balaban J connectivity index is 1.96. The van der Waals surface area contributed by atoms with Gasteiger partial charge in [0.25, 0.3) is 5.78 Å². The molecule has 25 heavy (non-hydrogen) atoms. The van der Waals surface area contributed by atoms with Crippen LogP contribution in [0, 0.1) is 6.92 Å². The molecular weight excluding hydrogens is 336 g/mol. The first-order chi connectivity index (χ1) is 12.2. The summed E-state index contributed by atoms with van der Waals surface area (Å²) in [6.45, 7) is 1.85. The van der Waals surface area contributed by atoms with Gasteiger partial charge in [-0.1, -0.05) is 29.8 Å². The first-order valence-electron chi connectivity index (χ1n) is 7.79. The van der Waals surface area contributed by atoms with Crippen LogP contribution in [0.4, 0.5) is 0 Å². The fourth-order valence-electron chi connectivity index (χ4n) is 2.74. The molecule has 0 aliphatic rings. The van der Waals surface area contributed by atoms with E-state index in [1.54, 1.807) is 11.6 Å².